The number of piperazine rings is 1. The first-order valence-corrected chi connectivity index (χ1v) is 11.8. The maximum absolute atomic E-state index is 12.9. The van der Waals surface area contributed by atoms with Crippen LogP contribution >= 0.6 is 0 Å². The molecule has 0 spiro atoms. The molecule has 1 aromatic heterocycles. The van der Waals surface area contributed by atoms with E-state index >= 15 is 0 Å². The third kappa shape index (κ3) is 4.22. The van der Waals surface area contributed by atoms with E-state index in [0.29, 0.717) is 37.3 Å². The van der Waals surface area contributed by atoms with E-state index in [4.69, 9.17) is 4.52 Å². The maximum Gasteiger partial charge on any atom is 0.253 e. The lowest BCUT2D eigenvalue weighted by atomic mass is 10.1. The lowest BCUT2D eigenvalue weighted by Crippen LogP contribution is -2.50. The molecule has 31 heavy (non-hydrogen) atoms. The van der Waals surface area contributed by atoms with E-state index in [2.05, 4.69) is 5.16 Å². The second-order valence-electron chi connectivity index (χ2n) is 7.97. The number of hydrogen-bond donors (Lipinski definition) is 0. The van der Waals surface area contributed by atoms with E-state index in [1.54, 1.807) is 30.9 Å². The summed E-state index contributed by atoms with van der Waals surface area (Å²) in [5.74, 6) is 0.314. The first-order valence-electron chi connectivity index (χ1n) is 10.4. The van der Waals surface area contributed by atoms with Crippen LogP contribution in [0.25, 0.3) is 0 Å². The number of hydrogen-bond acceptors (Lipinski definition) is 6. The molecule has 2 saturated heterocycles. The zero-order valence-electron chi connectivity index (χ0n) is 17.7. The Morgan fingerprint density at radius 2 is 1.74 bits per heavy atom. The van der Waals surface area contributed by atoms with Gasteiger partial charge in [-0.15, -0.1) is 0 Å². The molecule has 166 valence electrons. The third-order valence-corrected chi connectivity index (χ3v) is 7.98. The summed E-state index contributed by atoms with van der Waals surface area (Å²) in [6, 6.07) is 7.28. The molecular weight excluding hydrogens is 420 g/mol. The number of carbonyl (C=O) groups is 2. The second-order valence-corrected chi connectivity index (χ2v) is 9.84. The molecular formula is C21H26N4O5S. The average Bonchev–Trinajstić information content (AvgIpc) is 3.32. The third-order valence-electron chi connectivity index (χ3n) is 5.84. The number of sulfonamides is 1. The molecule has 0 N–H and O–H groups in total. The Bertz CT molecular complexity index is 1070. The van der Waals surface area contributed by atoms with Gasteiger partial charge in [-0.3, -0.25) is 9.59 Å². The zero-order valence-corrected chi connectivity index (χ0v) is 18.5. The van der Waals surface area contributed by atoms with Gasteiger partial charge in [0.15, 0.2) is 5.76 Å². The molecule has 10 heteroatoms. The maximum atomic E-state index is 12.9. The van der Waals surface area contributed by atoms with E-state index in [1.807, 2.05) is 17.0 Å². The molecule has 2 fully saturated rings. The van der Waals surface area contributed by atoms with Gasteiger partial charge in [0.05, 0.1) is 0 Å². The Morgan fingerprint density at radius 3 is 2.29 bits per heavy atom. The highest BCUT2D eigenvalue weighted by atomic mass is 32.2. The fourth-order valence-electron chi connectivity index (χ4n) is 4.13. The number of aromatic nitrogens is 1. The molecule has 3 heterocycles. The smallest absolute Gasteiger partial charge is 0.253 e. The van der Waals surface area contributed by atoms with E-state index in [0.717, 1.165) is 18.5 Å². The standard InChI is InChI=1S/C21H26N4O5S/c1-15-20(16(2)30-22-15)31(28,29)25-12-10-23(11-13-25)21(27)18-7-5-17(6-8-18)14-24-9-3-4-19(24)26/h5-8H,3-4,9-14H2,1-2H3. The van der Waals surface area contributed by atoms with Gasteiger partial charge in [-0.05, 0) is 38.0 Å². The highest BCUT2D eigenvalue weighted by Gasteiger charge is 2.34. The molecule has 0 bridgehead atoms. The Balaban J connectivity index is 1.37. The van der Waals surface area contributed by atoms with Crippen LogP contribution in [0.2, 0.25) is 0 Å². The van der Waals surface area contributed by atoms with E-state index < -0.39 is 10.0 Å². The van der Waals surface area contributed by atoms with E-state index in [9.17, 15) is 18.0 Å². The summed E-state index contributed by atoms with van der Waals surface area (Å²) in [4.78, 5) is 28.3. The Labute approximate surface area is 181 Å². The van der Waals surface area contributed by atoms with Crippen LogP contribution in [-0.2, 0) is 21.4 Å². The highest BCUT2D eigenvalue weighted by Crippen LogP contribution is 2.24. The number of likely N-dealkylation sites (tertiary alicyclic amines) is 1. The van der Waals surface area contributed by atoms with E-state index in [1.165, 1.54) is 4.31 Å². The Kier molecular flexibility index (Phi) is 5.85. The van der Waals surface area contributed by atoms with Gasteiger partial charge in [0, 0.05) is 51.3 Å². The number of benzene rings is 1. The van der Waals surface area contributed by atoms with Gasteiger partial charge in [-0.2, -0.15) is 4.31 Å². The zero-order chi connectivity index (χ0) is 22.2. The van der Waals surface area contributed by atoms with Crippen LogP contribution in [-0.4, -0.2) is 72.2 Å². The Morgan fingerprint density at radius 1 is 1.06 bits per heavy atom. The summed E-state index contributed by atoms with van der Waals surface area (Å²) in [6.45, 7) is 5.58. The quantitative estimate of drug-likeness (QED) is 0.690. The van der Waals surface area contributed by atoms with Crippen molar-refractivity contribution in [3.8, 4) is 0 Å². The summed E-state index contributed by atoms with van der Waals surface area (Å²) < 4.78 is 32.2. The summed E-state index contributed by atoms with van der Waals surface area (Å²) in [6.07, 6.45) is 1.50. The number of amides is 2. The van der Waals surface area contributed by atoms with Crippen molar-refractivity contribution >= 4 is 21.8 Å². The molecule has 0 aliphatic carbocycles. The predicted molar refractivity (Wildman–Crippen MR) is 112 cm³/mol. The van der Waals surface area contributed by atoms with Crippen molar-refractivity contribution in [2.75, 3.05) is 32.7 Å². The molecule has 2 aromatic rings. The van der Waals surface area contributed by atoms with Crippen molar-refractivity contribution in [1.29, 1.82) is 0 Å². The molecule has 2 aliphatic heterocycles. The topological polar surface area (TPSA) is 104 Å². The van der Waals surface area contributed by atoms with Gasteiger partial charge in [-0.1, -0.05) is 17.3 Å². The van der Waals surface area contributed by atoms with Gasteiger partial charge in [0.1, 0.15) is 10.6 Å². The number of aryl methyl sites for hydroxylation is 2. The van der Waals surface area contributed by atoms with Crippen LogP contribution in [0.3, 0.4) is 0 Å². The first-order chi connectivity index (χ1) is 14.8. The minimum absolute atomic E-state index is 0.111. The largest absolute Gasteiger partial charge is 0.360 e. The molecule has 0 saturated carbocycles. The van der Waals surface area contributed by atoms with E-state index in [-0.39, 0.29) is 35.6 Å². The molecule has 2 amide bonds. The molecule has 2 aliphatic rings. The van der Waals surface area contributed by atoms with Crippen molar-refractivity contribution in [3.63, 3.8) is 0 Å². The number of nitrogens with zero attached hydrogens (tertiary/aromatic N) is 4. The molecule has 1 aromatic carbocycles. The van der Waals surface area contributed by atoms with Crippen LogP contribution in [0, 0.1) is 13.8 Å². The van der Waals surface area contributed by atoms with Gasteiger partial charge in [0.25, 0.3) is 5.91 Å². The summed E-state index contributed by atoms with van der Waals surface area (Å²) in [5, 5.41) is 3.74. The summed E-state index contributed by atoms with van der Waals surface area (Å²) in [5.41, 5.74) is 1.88. The molecule has 0 atom stereocenters. The first kappa shape index (κ1) is 21.5. The fraction of sp³-hybridized carbons (Fsp3) is 0.476. The molecule has 9 nitrogen and oxygen atoms in total. The minimum Gasteiger partial charge on any atom is -0.360 e. The van der Waals surface area contributed by atoms with Crippen LogP contribution in [0.5, 0.6) is 0 Å². The van der Waals surface area contributed by atoms with Crippen LogP contribution in [0.15, 0.2) is 33.7 Å². The predicted octanol–water partition coefficient (Wildman–Crippen LogP) is 1.56. The summed E-state index contributed by atoms with van der Waals surface area (Å²) in [7, 11) is -3.71. The van der Waals surface area contributed by atoms with Crippen LogP contribution < -0.4 is 0 Å². The minimum atomic E-state index is -3.71. The van der Waals surface area contributed by atoms with Crippen molar-refractivity contribution in [2.24, 2.45) is 0 Å². The SMILES string of the molecule is Cc1noc(C)c1S(=O)(=O)N1CCN(C(=O)c2ccc(CN3CCCC3=O)cc2)CC1. The van der Waals surface area contributed by atoms with Gasteiger partial charge < -0.3 is 14.3 Å². The normalized spacial score (nSPS) is 18.1. The lowest BCUT2D eigenvalue weighted by molar-refractivity contribution is -0.128. The lowest BCUT2D eigenvalue weighted by Gasteiger charge is -2.34. The highest BCUT2D eigenvalue weighted by molar-refractivity contribution is 7.89. The van der Waals surface area contributed by atoms with Crippen LogP contribution in [0.1, 0.15) is 40.2 Å². The number of rotatable bonds is 5. The Hall–Kier alpha value is -2.72. The van der Waals surface area contributed by atoms with Crippen molar-refractivity contribution in [1.82, 2.24) is 19.3 Å². The van der Waals surface area contributed by atoms with Gasteiger partial charge in [-0.25, -0.2) is 8.42 Å². The van der Waals surface area contributed by atoms with Gasteiger partial charge >= 0.3 is 0 Å². The van der Waals surface area contributed by atoms with Crippen molar-refractivity contribution in [3.05, 3.63) is 46.8 Å². The monoisotopic (exact) mass is 446 g/mol. The second kappa shape index (κ2) is 8.43. The van der Waals surface area contributed by atoms with Crippen molar-refractivity contribution < 1.29 is 22.5 Å². The van der Waals surface area contributed by atoms with Crippen LogP contribution in [0.4, 0.5) is 0 Å². The van der Waals surface area contributed by atoms with Crippen molar-refractivity contribution in [2.45, 2.75) is 38.1 Å². The molecule has 4 rings (SSSR count). The summed E-state index contributed by atoms with van der Waals surface area (Å²) >= 11 is 0. The fourth-order valence-corrected chi connectivity index (χ4v) is 5.84. The molecule has 0 unspecified atom stereocenters. The average molecular weight is 447 g/mol. The number of carbonyl (C=O) groups excluding carboxylic acids is 2. The van der Waals surface area contributed by atoms with Gasteiger partial charge in [0.2, 0.25) is 15.9 Å². The molecule has 0 radical (unpaired) electrons.